The van der Waals surface area contributed by atoms with E-state index in [4.69, 9.17) is 14.7 Å². The highest BCUT2D eigenvalue weighted by Crippen LogP contribution is 2.29. The molecule has 0 aliphatic heterocycles. The van der Waals surface area contributed by atoms with E-state index in [0.29, 0.717) is 6.61 Å². The topological polar surface area (TPSA) is 42.2 Å². The molecule has 0 saturated carbocycles. The third kappa shape index (κ3) is 4.58. The van der Waals surface area contributed by atoms with Crippen molar-refractivity contribution in [3.8, 4) is 17.6 Å². The SMILES string of the molecule is COc1ccc(OCCCC(C)(C)C#N)c(Br)c1. The van der Waals surface area contributed by atoms with Gasteiger partial charge < -0.3 is 9.47 Å². The number of benzene rings is 1. The largest absolute Gasteiger partial charge is 0.497 e. The van der Waals surface area contributed by atoms with Crippen LogP contribution in [0.15, 0.2) is 22.7 Å². The number of rotatable bonds is 6. The highest BCUT2D eigenvalue weighted by molar-refractivity contribution is 9.10. The van der Waals surface area contributed by atoms with Crippen molar-refractivity contribution in [2.75, 3.05) is 13.7 Å². The Labute approximate surface area is 117 Å². The summed E-state index contributed by atoms with van der Waals surface area (Å²) in [6.07, 6.45) is 1.69. The van der Waals surface area contributed by atoms with Crippen LogP contribution >= 0.6 is 15.9 Å². The maximum Gasteiger partial charge on any atom is 0.133 e. The molecule has 0 aliphatic carbocycles. The second kappa shape index (κ2) is 6.65. The zero-order valence-corrected chi connectivity index (χ0v) is 12.6. The third-order valence-corrected chi connectivity index (χ3v) is 3.27. The third-order valence-electron chi connectivity index (χ3n) is 2.65. The summed E-state index contributed by atoms with van der Waals surface area (Å²) in [6.45, 7) is 4.49. The summed E-state index contributed by atoms with van der Waals surface area (Å²) in [5, 5.41) is 8.90. The number of ether oxygens (including phenoxy) is 2. The lowest BCUT2D eigenvalue weighted by Crippen LogP contribution is -2.10. The fourth-order valence-corrected chi connectivity index (χ4v) is 1.95. The van der Waals surface area contributed by atoms with Gasteiger partial charge in [-0.05, 0) is 60.8 Å². The molecule has 1 aromatic carbocycles. The molecule has 4 heteroatoms. The minimum absolute atomic E-state index is 0.277. The maximum absolute atomic E-state index is 8.90. The van der Waals surface area contributed by atoms with Gasteiger partial charge in [-0.2, -0.15) is 5.26 Å². The first-order valence-corrected chi connectivity index (χ1v) is 6.65. The fraction of sp³-hybridized carbons (Fsp3) is 0.500. The molecule has 3 nitrogen and oxygen atoms in total. The summed E-state index contributed by atoms with van der Waals surface area (Å²) in [6, 6.07) is 7.89. The second-order valence-corrected chi connectivity index (χ2v) is 5.60. The molecule has 0 aromatic heterocycles. The Morgan fingerprint density at radius 2 is 2.11 bits per heavy atom. The number of nitrogens with zero attached hydrogens (tertiary/aromatic N) is 1. The highest BCUT2D eigenvalue weighted by atomic mass is 79.9. The first-order chi connectivity index (χ1) is 8.48. The van der Waals surface area contributed by atoms with E-state index >= 15 is 0 Å². The number of hydrogen-bond acceptors (Lipinski definition) is 3. The van der Waals surface area contributed by atoms with Gasteiger partial charge in [-0.25, -0.2) is 0 Å². The number of nitriles is 1. The predicted molar refractivity (Wildman–Crippen MR) is 74.8 cm³/mol. The summed E-state index contributed by atoms with van der Waals surface area (Å²) in [4.78, 5) is 0. The number of methoxy groups -OCH3 is 1. The van der Waals surface area contributed by atoms with E-state index in [2.05, 4.69) is 22.0 Å². The van der Waals surface area contributed by atoms with Crippen molar-refractivity contribution in [2.24, 2.45) is 5.41 Å². The van der Waals surface area contributed by atoms with Gasteiger partial charge in [-0.3, -0.25) is 0 Å². The Balaban J connectivity index is 2.43. The molecule has 0 saturated heterocycles. The van der Waals surface area contributed by atoms with Crippen molar-refractivity contribution in [3.63, 3.8) is 0 Å². The maximum atomic E-state index is 8.90. The van der Waals surface area contributed by atoms with Crippen molar-refractivity contribution in [3.05, 3.63) is 22.7 Å². The lowest BCUT2D eigenvalue weighted by Gasteiger charge is -2.15. The van der Waals surface area contributed by atoms with Crippen molar-refractivity contribution in [1.82, 2.24) is 0 Å². The van der Waals surface area contributed by atoms with Crippen LogP contribution < -0.4 is 9.47 Å². The molecule has 0 heterocycles. The van der Waals surface area contributed by atoms with Crippen LogP contribution in [0.2, 0.25) is 0 Å². The average Bonchev–Trinajstić information content (AvgIpc) is 2.36. The molecule has 0 N–H and O–H groups in total. The van der Waals surface area contributed by atoms with Gasteiger partial charge in [-0.1, -0.05) is 0 Å². The van der Waals surface area contributed by atoms with Crippen molar-refractivity contribution in [2.45, 2.75) is 26.7 Å². The highest BCUT2D eigenvalue weighted by Gasteiger charge is 2.15. The van der Waals surface area contributed by atoms with E-state index in [1.165, 1.54) is 0 Å². The summed E-state index contributed by atoms with van der Waals surface area (Å²) < 4.78 is 11.7. The van der Waals surface area contributed by atoms with Crippen LogP contribution in [0.3, 0.4) is 0 Å². The summed E-state index contributed by atoms with van der Waals surface area (Å²) in [5.41, 5.74) is -0.277. The molecular formula is C14H18BrNO2. The average molecular weight is 312 g/mol. The first kappa shape index (κ1) is 14.8. The molecule has 1 aromatic rings. The van der Waals surface area contributed by atoms with Gasteiger partial charge in [0, 0.05) is 0 Å². The van der Waals surface area contributed by atoms with E-state index in [1.807, 2.05) is 32.0 Å². The Hall–Kier alpha value is -1.21. The van der Waals surface area contributed by atoms with Gasteiger partial charge in [0.1, 0.15) is 11.5 Å². The molecule has 0 unspecified atom stereocenters. The van der Waals surface area contributed by atoms with Crippen molar-refractivity contribution in [1.29, 1.82) is 5.26 Å². The molecule has 0 atom stereocenters. The zero-order chi connectivity index (χ0) is 13.6. The van der Waals surface area contributed by atoms with E-state index in [-0.39, 0.29) is 5.41 Å². The first-order valence-electron chi connectivity index (χ1n) is 5.86. The molecular weight excluding hydrogens is 294 g/mol. The molecule has 0 aliphatic rings. The molecule has 18 heavy (non-hydrogen) atoms. The fourth-order valence-electron chi connectivity index (χ4n) is 1.48. The van der Waals surface area contributed by atoms with Gasteiger partial charge in [0.2, 0.25) is 0 Å². The van der Waals surface area contributed by atoms with Gasteiger partial charge in [0.05, 0.1) is 29.7 Å². The van der Waals surface area contributed by atoms with Crippen LogP contribution in [0, 0.1) is 16.7 Å². The smallest absolute Gasteiger partial charge is 0.133 e. The van der Waals surface area contributed by atoms with Crippen LogP contribution in [0.1, 0.15) is 26.7 Å². The van der Waals surface area contributed by atoms with Crippen LogP contribution in [-0.2, 0) is 0 Å². The predicted octanol–water partition coefficient (Wildman–Crippen LogP) is 4.17. The minimum atomic E-state index is -0.277. The van der Waals surface area contributed by atoms with Crippen LogP contribution in [0.25, 0.3) is 0 Å². The van der Waals surface area contributed by atoms with Crippen LogP contribution in [0.4, 0.5) is 0 Å². The summed E-state index contributed by atoms with van der Waals surface area (Å²) in [7, 11) is 1.63. The van der Waals surface area contributed by atoms with Crippen molar-refractivity contribution < 1.29 is 9.47 Å². The van der Waals surface area contributed by atoms with Gasteiger partial charge in [0.15, 0.2) is 0 Å². The van der Waals surface area contributed by atoms with E-state index < -0.39 is 0 Å². The normalized spacial score (nSPS) is 10.8. The molecule has 0 amide bonds. The molecule has 98 valence electrons. The Morgan fingerprint density at radius 1 is 1.39 bits per heavy atom. The van der Waals surface area contributed by atoms with E-state index in [9.17, 15) is 0 Å². The van der Waals surface area contributed by atoms with Gasteiger partial charge >= 0.3 is 0 Å². The number of hydrogen-bond donors (Lipinski definition) is 0. The summed E-state index contributed by atoms with van der Waals surface area (Å²) in [5.74, 6) is 1.59. The Bertz CT molecular complexity index is 438. The van der Waals surface area contributed by atoms with Gasteiger partial charge in [0.25, 0.3) is 0 Å². The quantitative estimate of drug-likeness (QED) is 0.741. The van der Waals surface area contributed by atoms with Crippen LogP contribution in [-0.4, -0.2) is 13.7 Å². The lowest BCUT2D eigenvalue weighted by molar-refractivity contribution is 0.282. The lowest BCUT2D eigenvalue weighted by atomic mass is 9.90. The molecule has 1 rings (SSSR count). The Morgan fingerprint density at radius 3 is 2.67 bits per heavy atom. The number of halogens is 1. The summed E-state index contributed by atoms with van der Waals surface area (Å²) >= 11 is 3.44. The Kier molecular flexibility index (Phi) is 5.49. The molecule has 0 radical (unpaired) electrons. The van der Waals surface area contributed by atoms with E-state index in [0.717, 1.165) is 28.8 Å². The second-order valence-electron chi connectivity index (χ2n) is 4.74. The monoisotopic (exact) mass is 311 g/mol. The molecule has 0 spiro atoms. The van der Waals surface area contributed by atoms with E-state index in [1.54, 1.807) is 7.11 Å². The standard InChI is InChI=1S/C14H18BrNO2/c1-14(2,10-16)7-4-8-18-13-6-5-11(17-3)9-12(13)15/h5-6,9H,4,7-8H2,1-3H3. The molecule has 0 bridgehead atoms. The molecule has 0 fully saturated rings. The minimum Gasteiger partial charge on any atom is -0.497 e. The zero-order valence-electron chi connectivity index (χ0n) is 11.0. The van der Waals surface area contributed by atoms with Crippen molar-refractivity contribution >= 4 is 15.9 Å². The van der Waals surface area contributed by atoms with Gasteiger partial charge in [-0.15, -0.1) is 0 Å². The van der Waals surface area contributed by atoms with Crippen LogP contribution in [0.5, 0.6) is 11.5 Å².